The van der Waals surface area contributed by atoms with Crippen molar-refractivity contribution in [1.29, 1.82) is 0 Å². The van der Waals surface area contributed by atoms with Crippen molar-refractivity contribution in [2.24, 2.45) is 5.41 Å². The normalized spacial score (nSPS) is 18.6. The molecule has 21 heavy (non-hydrogen) atoms. The van der Waals surface area contributed by atoms with Crippen molar-refractivity contribution < 1.29 is 4.42 Å². The van der Waals surface area contributed by atoms with Crippen LogP contribution >= 0.6 is 0 Å². The highest BCUT2D eigenvalue weighted by Crippen LogP contribution is 2.36. The van der Waals surface area contributed by atoms with E-state index in [2.05, 4.69) is 48.4 Å². The number of anilines is 1. The van der Waals surface area contributed by atoms with Gasteiger partial charge in [0, 0.05) is 17.3 Å². The van der Waals surface area contributed by atoms with Crippen LogP contribution in [0.25, 0.3) is 11.5 Å². The van der Waals surface area contributed by atoms with Crippen LogP contribution in [0.15, 0.2) is 29.0 Å². The van der Waals surface area contributed by atoms with Gasteiger partial charge in [-0.2, -0.15) is 0 Å². The van der Waals surface area contributed by atoms with E-state index in [4.69, 9.17) is 4.42 Å². The summed E-state index contributed by atoms with van der Waals surface area (Å²) in [6, 6.07) is 6.81. The van der Waals surface area contributed by atoms with Gasteiger partial charge in [0.1, 0.15) is 0 Å². The number of aromatic nitrogens is 2. The second kappa shape index (κ2) is 5.51. The van der Waals surface area contributed by atoms with E-state index in [1.807, 2.05) is 6.07 Å². The summed E-state index contributed by atoms with van der Waals surface area (Å²) in [5.41, 5.74) is 3.90. The number of nitrogens with zero attached hydrogens (tertiary/aromatic N) is 2. The van der Waals surface area contributed by atoms with Gasteiger partial charge in [0.05, 0.1) is 0 Å². The van der Waals surface area contributed by atoms with Crippen molar-refractivity contribution >= 4 is 5.69 Å². The molecular weight excluding hydrogens is 262 g/mol. The lowest BCUT2D eigenvalue weighted by Crippen LogP contribution is -2.30. The minimum Gasteiger partial charge on any atom is -0.423 e. The molecule has 0 amide bonds. The molecule has 4 nitrogen and oxygen atoms in total. The minimum absolute atomic E-state index is 0.499. The summed E-state index contributed by atoms with van der Waals surface area (Å²) < 4.78 is 5.28. The van der Waals surface area contributed by atoms with Gasteiger partial charge in [-0.3, -0.25) is 0 Å². The van der Waals surface area contributed by atoms with Gasteiger partial charge in [0.15, 0.2) is 0 Å². The highest BCUT2D eigenvalue weighted by molar-refractivity contribution is 5.64. The molecule has 0 spiro atoms. The van der Waals surface area contributed by atoms with Crippen molar-refractivity contribution in [1.82, 2.24) is 10.2 Å². The first-order chi connectivity index (χ1) is 10.0. The summed E-state index contributed by atoms with van der Waals surface area (Å²) in [7, 11) is 0. The van der Waals surface area contributed by atoms with Crippen LogP contribution in [0.1, 0.15) is 45.1 Å². The van der Waals surface area contributed by atoms with Gasteiger partial charge in [-0.15, -0.1) is 10.2 Å². The Bertz CT molecular complexity index is 595. The second-order valence-electron chi connectivity index (χ2n) is 6.86. The fourth-order valence-corrected chi connectivity index (χ4v) is 2.97. The monoisotopic (exact) mass is 285 g/mol. The topological polar surface area (TPSA) is 51.0 Å². The Kier molecular flexibility index (Phi) is 3.70. The smallest absolute Gasteiger partial charge is 0.247 e. The van der Waals surface area contributed by atoms with Gasteiger partial charge in [-0.05, 0) is 55.7 Å². The molecular formula is C17H23N3O. The van der Waals surface area contributed by atoms with E-state index in [1.54, 1.807) is 0 Å². The molecule has 0 aliphatic heterocycles. The molecule has 3 rings (SSSR count). The minimum atomic E-state index is 0.499. The van der Waals surface area contributed by atoms with Crippen molar-refractivity contribution in [3.8, 4) is 11.5 Å². The average Bonchev–Trinajstić information content (AvgIpc) is 2.97. The third kappa shape index (κ3) is 3.26. The predicted molar refractivity (Wildman–Crippen MR) is 84.1 cm³/mol. The highest BCUT2D eigenvalue weighted by atomic mass is 16.4. The zero-order valence-corrected chi connectivity index (χ0v) is 13.0. The lowest BCUT2D eigenvalue weighted by Gasteiger charge is -2.35. The largest absolute Gasteiger partial charge is 0.423 e. The van der Waals surface area contributed by atoms with Crippen molar-refractivity contribution in [2.45, 2.75) is 52.5 Å². The molecule has 0 bridgehead atoms. The van der Waals surface area contributed by atoms with E-state index >= 15 is 0 Å². The molecule has 1 heterocycles. The molecule has 0 saturated heterocycles. The molecule has 2 aromatic rings. The first-order valence-corrected chi connectivity index (χ1v) is 7.67. The van der Waals surface area contributed by atoms with Crippen LogP contribution in [0.3, 0.4) is 0 Å². The Morgan fingerprint density at radius 2 is 2.00 bits per heavy atom. The Morgan fingerprint density at radius 1 is 1.24 bits per heavy atom. The SMILES string of the molecule is Cc1ccc(-c2nnco2)cc1NC1CCC(C)(C)CC1. The quantitative estimate of drug-likeness (QED) is 0.906. The van der Waals surface area contributed by atoms with Crippen LogP contribution in [-0.4, -0.2) is 16.2 Å². The van der Waals surface area contributed by atoms with E-state index in [0.717, 1.165) is 5.56 Å². The molecule has 1 aromatic heterocycles. The molecule has 0 atom stereocenters. The molecule has 112 valence electrons. The molecule has 0 unspecified atom stereocenters. The summed E-state index contributed by atoms with van der Waals surface area (Å²) in [6.07, 6.45) is 6.40. The van der Waals surface area contributed by atoms with E-state index in [9.17, 15) is 0 Å². The predicted octanol–water partition coefficient (Wildman–Crippen LogP) is 4.43. The summed E-state index contributed by atoms with van der Waals surface area (Å²) in [5.74, 6) is 0.572. The fourth-order valence-electron chi connectivity index (χ4n) is 2.97. The number of aryl methyl sites for hydroxylation is 1. The summed E-state index contributed by atoms with van der Waals surface area (Å²) >= 11 is 0. The van der Waals surface area contributed by atoms with Gasteiger partial charge in [0.25, 0.3) is 0 Å². The van der Waals surface area contributed by atoms with E-state index in [1.165, 1.54) is 43.3 Å². The van der Waals surface area contributed by atoms with E-state index < -0.39 is 0 Å². The fraction of sp³-hybridized carbons (Fsp3) is 0.529. The molecule has 1 N–H and O–H groups in total. The van der Waals surface area contributed by atoms with Gasteiger partial charge in [0.2, 0.25) is 12.3 Å². The second-order valence-corrected chi connectivity index (χ2v) is 6.86. The summed E-state index contributed by atoms with van der Waals surface area (Å²) in [5, 5.41) is 11.4. The Balaban J connectivity index is 1.75. The van der Waals surface area contributed by atoms with Crippen LogP contribution in [0.5, 0.6) is 0 Å². The Hall–Kier alpha value is -1.84. The lowest BCUT2D eigenvalue weighted by molar-refractivity contribution is 0.232. The summed E-state index contributed by atoms with van der Waals surface area (Å²) in [6.45, 7) is 6.86. The first-order valence-electron chi connectivity index (χ1n) is 7.67. The maximum atomic E-state index is 5.28. The Labute approximate surface area is 126 Å². The van der Waals surface area contributed by atoms with Crippen LogP contribution in [0.2, 0.25) is 0 Å². The first kappa shape index (κ1) is 14.1. The third-order valence-electron chi connectivity index (χ3n) is 4.54. The van der Waals surface area contributed by atoms with Gasteiger partial charge in [-0.1, -0.05) is 19.9 Å². The molecule has 1 aliphatic rings. The van der Waals surface area contributed by atoms with Gasteiger partial charge < -0.3 is 9.73 Å². The number of benzene rings is 1. The molecule has 1 aromatic carbocycles. The lowest BCUT2D eigenvalue weighted by atomic mass is 9.75. The van der Waals surface area contributed by atoms with Crippen LogP contribution < -0.4 is 5.32 Å². The maximum absolute atomic E-state index is 5.28. The molecule has 1 saturated carbocycles. The number of hydrogen-bond donors (Lipinski definition) is 1. The van der Waals surface area contributed by atoms with Crippen LogP contribution in [0.4, 0.5) is 5.69 Å². The van der Waals surface area contributed by atoms with Gasteiger partial charge >= 0.3 is 0 Å². The number of hydrogen-bond acceptors (Lipinski definition) is 4. The van der Waals surface area contributed by atoms with Gasteiger partial charge in [-0.25, -0.2) is 0 Å². The maximum Gasteiger partial charge on any atom is 0.247 e. The Morgan fingerprint density at radius 3 is 2.67 bits per heavy atom. The van der Waals surface area contributed by atoms with E-state index in [0.29, 0.717) is 17.3 Å². The van der Waals surface area contributed by atoms with Crippen LogP contribution in [0, 0.1) is 12.3 Å². The third-order valence-corrected chi connectivity index (χ3v) is 4.54. The number of nitrogens with one attached hydrogen (secondary N) is 1. The summed E-state index contributed by atoms with van der Waals surface area (Å²) in [4.78, 5) is 0. The molecule has 1 aliphatic carbocycles. The average molecular weight is 285 g/mol. The van der Waals surface area contributed by atoms with Crippen LogP contribution in [-0.2, 0) is 0 Å². The van der Waals surface area contributed by atoms with Crippen molar-refractivity contribution in [3.63, 3.8) is 0 Å². The zero-order chi connectivity index (χ0) is 14.9. The van der Waals surface area contributed by atoms with Crippen molar-refractivity contribution in [2.75, 3.05) is 5.32 Å². The van der Waals surface area contributed by atoms with E-state index in [-0.39, 0.29) is 0 Å². The zero-order valence-electron chi connectivity index (χ0n) is 13.0. The number of rotatable bonds is 3. The standard InChI is InChI=1S/C17H23N3O/c1-12-4-5-13(16-20-18-11-21-16)10-15(12)19-14-6-8-17(2,3)9-7-14/h4-5,10-11,14,19H,6-9H2,1-3H3. The highest BCUT2D eigenvalue weighted by Gasteiger charge is 2.26. The molecule has 1 fully saturated rings. The molecule has 4 heteroatoms. The molecule has 0 radical (unpaired) electrons. The van der Waals surface area contributed by atoms with Crippen molar-refractivity contribution in [3.05, 3.63) is 30.2 Å².